The molecule has 0 aromatic heterocycles. The summed E-state index contributed by atoms with van der Waals surface area (Å²) in [5, 5.41) is 10.7. The van der Waals surface area contributed by atoms with E-state index in [1.165, 1.54) is 6.21 Å². The van der Waals surface area contributed by atoms with E-state index in [4.69, 9.17) is 5.21 Å². The van der Waals surface area contributed by atoms with Gasteiger partial charge in [0.2, 0.25) is 0 Å². The van der Waals surface area contributed by atoms with Crippen molar-refractivity contribution >= 4 is 12.5 Å². The molecule has 0 atom stereocenters. The Morgan fingerprint density at radius 2 is 2.00 bits per heavy atom. The molecule has 0 saturated carbocycles. The van der Waals surface area contributed by atoms with Gasteiger partial charge in [0.05, 0.1) is 0 Å². The van der Waals surface area contributed by atoms with E-state index < -0.39 is 0 Å². The summed E-state index contributed by atoms with van der Waals surface area (Å²) < 4.78 is 0. The highest BCUT2D eigenvalue weighted by Gasteiger charge is 1.83. The quantitative estimate of drug-likeness (QED) is 0.199. The van der Waals surface area contributed by atoms with Crippen molar-refractivity contribution in [2.75, 3.05) is 0 Å². The van der Waals surface area contributed by atoms with Crippen LogP contribution in [0, 0.1) is 0 Å². The van der Waals surface area contributed by atoms with Crippen LogP contribution in [-0.4, -0.2) is 17.7 Å². The second-order valence-corrected chi connectivity index (χ2v) is 1.75. The lowest BCUT2D eigenvalue weighted by Crippen LogP contribution is -1.79. The van der Waals surface area contributed by atoms with E-state index in [9.17, 15) is 4.79 Å². The molecule has 1 N–H and O–H groups in total. The molecule has 0 unspecified atom stereocenters. The lowest BCUT2D eigenvalue weighted by atomic mass is 10.2. The van der Waals surface area contributed by atoms with Crippen molar-refractivity contribution in [3.63, 3.8) is 0 Å². The number of hydrogen-bond donors (Lipinski definition) is 1. The highest BCUT2D eigenvalue weighted by Crippen LogP contribution is 1.94. The fourth-order valence-electron chi connectivity index (χ4n) is 0.521. The smallest absolute Gasteiger partial charge is 0.119 e. The Bertz CT molecular complexity index is 91.1. The van der Waals surface area contributed by atoms with E-state index in [1.807, 2.05) is 0 Å². The first kappa shape index (κ1) is 8.14. The molecule has 0 aliphatic rings. The zero-order valence-electron chi connectivity index (χ0n) is 5.29. The summed E-state index contributed by atoms with van der Waals surface area (Å²) in [7, 11) is 0. The van der Waals surface area contributed by atoms with Crippen LogP contribution < -0.4 is 0 Å². The van der Waals surface area contributed by atoms with Crippen LogP contribution in [0.25, 0.3) is 0 Å². The maximum absolute atomic E-state index is 9.75. The number of hydrogen-bond acceptors (Lipinski definition) is 3. The van der Waals surface area contributed by atoms with Gasteiger partial charge in [-0.05, 0) is 19.3 Å². The third-order valence-electron chi connectivity index (χ3n) is 0.987. The summed E-state index contributed by atoms with van der Waals surface area (Å²) in [6.07, 6.45) is 5.50. The molecule has 0 bridgehead atoms. The lowest BCUT2D eigenvalue weighted by Gasteiger charge is -1.87. The first-order chi connectivity index (χ1) is 4.41. The maximum Gasteiger partial charge on any atom is 0.119 e. The first-order valence-corrected chi connectivity index (χ1v) is 3.01. The Labute approximate surface area is 54.4 Å². The van der Waals surface area contributed by atoms with Crippen molar-refractivity contribution in [3.05, 3.63) is 0 Å². The predicted octanol–water partition coefficient (Wildman–Crippen LogP) is 1.21. The summed E-state index contributed by atoms with van der Waals surface area (Å²) in [5.74, 6) is 0. The number of unbranched alkanes of at least 4 members (excludes halogenated alkanes) is 3. The van der Waals surface area contributed by atoms with Gasteiger partial charge in [-0.15, -0.1) is 5.16 Å². The zero-order valence-corrected chi connectivity index (χ0v) is 5.29. The van der Waals surface area contributed by atoms with Gasteiger partial charge in [-0.3, -0.25) is 0 Å². The van der Waals surface area contributed by atoms with Crippen LogP contribution >= 0.6 is 0 Å². The van der Waals surface area contributed by atoms with E-state index in [1.54, 1.807) is 0 Å². The molecular weight excluding hydrogens is 118 g/mol. The molecular formula is C6H11NO2. The number of carbonyl (C=O) groups is 1. The van der Waals surface area contributed by atoms with Crippen molar-refractivity contribution in [1.29, 1.82) is 0 Å². The van der Waals surface area contributed by atoms with Crippen molar-refractivity contribution < 1.29 is 10.0 Å². The summed E-state index contributed by atoms with van der Waals surface area (Å²) >= 11 is 0. The Balaban J connectivity index is 2.82. The number of nitrogens with zero attached hydrogens (tertiary/aromatic N) is 1. The minimum Gasteiger partial charge on any atom is -0.411 e. The fourth-order valence-corrected chi connectivity index (χ4v) is 0.521. The molecule has 0 spiro atoms. The average molecular weight is 129 g/mol. The summed E-state index contributed by atoms with van der Waals surface area (Å²) in [4.78, 5) is 9.75. The Kier molecular flexibility index (Phi) is 6.46. The van der Waals surface area contributed by atoms with Crippen LogP contribution in [0.4, 0.5) is 0 Å². The van der Waals surface area contributed by atoms with E-state index in [0.717, 1.165) is 25.5 Å². The molecule has 0 saturated heterocycles. The first-order valence-electron chi connectivity index (χ1n) is 3.01. The lowest BCUT2D eigenvalue weighted by molar-refractivity contribution is -0.107. The molecule has 0 aliphatic heterocycles. The van der Waals surface area contributed by atoms with Crippen molar-refractivity contribution in [3.8, 4) is 0 Å². The standard InChI is InChI=1S/C6H11NO2/c8-6-4-2-1-3-5-7-9/h5-6,9H,1-4H2/b7-5-. The number of aldehydes is 1. The van der Waals surface area contributed by atoms with E-state index >= 15 is 0 Å². The summed E-state index contributed by atoms with van der Waals surface area (Å²) in [6, 6.07) is 0. The highest BCUT2D eigenvalue weighted by atomic mass is 16.4. The third-order valence-corrected chi connectivity index (χ3v) is 0.987. The van der Waals surface area contributed by atoms with Crippen LogP contribution in [0.5, 0.6) is 0 Å². The molecule has 0 aromatic carbocycles. The van der Waals surface area contributed by atoms with Gasteiger partial charge in [0.1, 0.15) is 6.29 Å². The molecule has 0 heterocycles. The monoisotopic (exact) mass is 129 g/mol. The molecule has 9 heavy (non-hydrogen) atoms. The molecule has 0 amide bonds. The minimum atomic E-state index is 0.610. The number of rotatable bonds is 5. The highest BCUT2D eigenvalue weighted by molar-refractivity contribution is 5.56. The normalized spacial score (nSPS) is 10.2. The molecule has 0 fully saturated rings. The Hall–Kier alpha value is -0.860. The molecule has 0 aliphatic carbocycles. The van der Waals surface area contributed by atoms with Crippen LogP contribution in [0.1, 0.15) is 25.7 Å². The summed E-state index contributed by atoms with van der Waals surface area (Å²) in [5.41, 5.74) is 0. The second kappa shape index (κ2) is 7.14. The molecule has 0 rings (SSSR count). The zero-order chi connectivity index (χ0) is 6.95. The topological polar surface area (TPSA) is 49.7 Å². The van der Waals surface area contributed by atoms with Crippen LogP contribution in [0.15, 0.2) is 5.16 Å². The van der Waals surface area contributed by atoms with Gasteiger partial charge in [-0.25, -0.2) is 0 Å². The van der Waals surface area contributed by atoms with Gasteiger partial charge >= 0.3 is 0 Å². The van der Waals surface area contributed by atoms with Crippen LogP contribution in [0.3, 0.4) is 0 Å². The van der Waals surface area contributed by atoms with E-state index in [0.29, 0.717) is 6.42 Å². The largest absolute Gasteiger partial charge is 0.411 e. The second-order valence-electron chi connectivity index (χ2n) is 1.75. The molecule has 3 heteroatoms. The third kappa shape index (κ3) is 7.14. The van der Waals surface area contributed by atoms with Gasteiger partial charge in [0, 0.05) is 12.6 Å². The minimum absolute atomic E-state index is 0.610. The van der Waals surface area contributed by atoms with Gasteiger partial charge < -0.3 is 10.0 Å². The SMILES string of the molecule is O=CCCCC/C=N\O. The van der Waals surface area contributed by atoms with Crippen LogP contribution in [0.2, 0.25) is 0 Å². The molecule has 0 aromatic rings. The Morgan fingerprint density at radius 1 is 1.33 bits per heavy atom. The fraction of sp³-hybridized carbons (Fsp3) is 0.667. The van der Waals surface area contributed by atoms with Crippen LogP contribution in [-0.2, 0) is 4.79 Å². The average Bonchev–Trinajstić information content (AvgIpc) is 1.89. The van der Waals surface area contributed by atoms with Gasteiger partial charge in [-0.2, -0.15) is 0 Å². The Morgan fingerprint density at radius 3 is 2.56 bits per heavy atom. The van der Waals surface area contributed by atoms with E-state index in [-0.39, 0.29) is 0 Å². The van der Waals surface area contributed by atoms with Crippen molar-refractivity contribution in [1.82, 2.24) is 0 Å². The number of carbonyl (C=O) groups excluding carboxylic acids is 1. The van der Waals surface area contributed by atoms with Crippen molar-refractivity contribution in [2.45, 2.75) is 25.7 Å². The molecule has 0 radical (unpaired) electrons. The van der Waals surface area contributed by atoms with Crippen molar-refractivity contribution in [2.24, 2.45) is 5.16 Å². The molecule has 52 valence electrons. The van der Waals surface area contributed by atoms with E-state index in [2.05, 4.69) is 5.16 Å². The van der Waals surface area contributed by atoms with Gasteiger partial charge in [-0.1, -0.05) is 0 Å². The number of oxime groups is 1. The molecule has 3 nitrogen and oxygen atoms in total. The van der Waals surface area contributed by atoms with Gasteiger partial charge in [0.25, 0.3) is 0 Å². The summed E-state index contributed by atoms with van der Waals surface area (Å²) in [6.45, 7) is 0. The maximum atomic E-state index is 9.75. The predicted molar refractivity (Wildman–Crippen MR) is 34.8 cm³/mol. The van der Waals surface area contributed by atoms with Gasteiger partial charge in [0.15, 0.2) is 0 Å².